The molecule has 0 saturated carbocycles. The lowest BCUT2D eigenvalue weighted by molar-refractivity contribution is 0.684. The summed E-state index contributed by atoms with van der Waals surface area (Å²) in [6.45, 7) is 2.59. The summed E-state index contributed by atoms with van der Waals surface area (Å²) in [4.78, 5) is 0. The van der Waals surface area contributed by atoms with Crippen molar-refractivity contribution in [3.05, 3.63) is 59.1 Å². The van der Waals surface area contributed by atoms with E-state index >= 15 is 0 Å². The highest BCUT2D eigenvalue weighted by atomic mass is 35.5. The van der Waals surface area contributed by atoms with Crippen LogP contribution in [0.4, 0.5) is 0 Å². The first-order valence-electron chi connectivity index (χ1n) is 6.41. The molecule has 20 heavy (non-hydrogen) atoms. The first kappa shape index (κ1) is 12.9. The topological polar surface area (TPSA) is 35.6 Å². The second-order valence-electron chi connectivity index (χ2n) is 4.77. The summed E-state index contributed by atoms with van der Waals surface area (Å²) in [5.41, 5.74) is 4.21. The van der Waals surface area contributed by atoms with E-state index in [2.05, 4.69) is 22.3 Å². The summed E-state index contributed by atoms with van der Waals surface area (Å²) < 4.78 is 3.58. The minimum Gasteiger partial charge on any atom is -0.267 e. The van der Waals surface area contributed by atoms with Gasteiger partial charge in [-0.05, 0) is 12.5 Å². The Hall–Kier alpha value is -2.07. The highest BCUT2D eigenvalue weighted by Crippen LogP contribution is 2.22. The summed E-state index contributed by atoms with van der Waals surface area (Å²) >= 11 is 6.25. The SMILES string of the molecule is Cc1nn(C)c(Cl)c1Cn1cc(-c2ccccc2)cn1. The summed E-state index contributed by atoms with van der Waals surface area (Å²) in [5, 5.41) is 9.38. The van der Waals surface area contributed by atoms with Crippen molar-refractivity contribution in [3.8, 4) is 11.1 Å². The minimum atomic E-state index is 0.630. The lowest BCUT2D eigenvalue weighted by atomic mass is 10.1. The van der Waals surface area contributed by atoms with Gasteiger partial charge in [0.15, 0.2) is 0 Å². The summed E-state index contributed by atoms with van der Waals surface area (Å²) in [6.07, 6.45) is 3.90. The van der Waals surface area contributed by atoms with Crippen molar-refractivity contribution in [2.75, 3.05) is 0 Å². The lowest BCUT2D eigenvalue weighted by Crippen LogP contribution is -2.01. The average molecular weight is 287 g/mol. The molecule has 4 nitrogen and oxygen atoms in total. The smallest absolute Gasteiger partial charge is 0.132 e. The fourth-order valence-electron chi connectivity index (χ4n) is 2.25. The van der Waals surface area contributed by atoms with E-state index in [0.29, 0.717) is 11.7 Å². The van der Waals surface area contributed by atoms with Crippen molar-refractivity contribution < 1.29 is 0 Å². The molecular formula is C15H15ClN4. The quantitative estimate of drug-likeness (QED) is 0.741. The fraction of sp³-hybridized carbons (Fsp3) is 0.200. The zero-order chi connectivity index (χ0) is 14.1. The summed E-state index contributed by atoms with van der Waals surface area (Å²) in [7, 11) is 1.84. The Morgan fingerprint density at radius 3 is 2.55 bits per heavy atom. The van der Waals surface area contributed by atoms with Crippen molar-refractivity contribution in [1.82, 2.24) is 19.6 Å². The Labute approximate surface area is 122 Å². The van der Waals surface area contributed by atoms with Gasteiger partial charge in [-0.2, -0.15) is 10.2 Å². The molecule has 0 aliphatic heterocycles. The van der Waals surface area contributed by atoms with E-state index in [4.69, 9.17) is 11.6 Å². The maximum Gasteiger partial charge on any atom is 0.132 e. The van der Waals surface area contributed by atoms with Gasteiger partial charge in [0.2, 0.25) is 0 Å². The third kappa shape index (κ3) is 2.34. The van der Waals surface area contributed by atoms with Gasteiger partial charge in [0.25, 0.3) is 0 Å². The molecule has 2 aromatic heterocycles. The van der Waals surface area contributed by atoms with Gasteiger partial charge in [0.05, 0.1) is 18.4 Å². The molecule has 1 aromatic carbocycles. The Kier molecular flexibility index (Phi) is 3.32. The molecule has 0 aliphatic carbocycles. The van der Waals surface area contributed by atoms with Gasteiger partial charge in [-0.25, -0.2) is 0 Å². The van der Waals surface area contributed by atoms with Gasteiger partial charge in [-0.3, -0.25) is 9.36 Å². The second-order valence-corrected chi connectivity index (χ2v) is 5.13. The second kappa shape index (κ2) is 5.13. The Balaban J connectivity index is 1.88. The number of hydrogen-bond donors (Lipinski definition) is 0. The van der Waals surface area contributed by atoms with Crippen molar-refractivity contribution in [2.24, 2.45) is 7.05 Å². The maximum atomic E-state index is 6.25. The highest BCUT2D eigenvalue weighted by molar-refractivity contribution is 6.30. The normalized spacial score (nSPS) is 10.9. The van der Waals surface area contributed by atoms with Crippen LogP contribution in [-0.2, 0) is 13.6 Å². The summed E-state index contributed by atoms with van der Waals surface area (Å²) in [5.74, 6) is 0. The molecule has 3 rings (SSSR count). The van der Waals surface area contributed by atoms with Crippen LogP contribution in [0.15, 0.2) is 42.7 Å². The van der Waals surface area contributed by atoms with E-state index in [1.165, 1.54) is 0 Å². The third-order valence-electron chi connectivity index (χ3n) is 3.33. The van der Waals surface area contributed by atoms with Crippen LogP contribution in [0.2, 0.25) is 5.15 Å². The molecule has 0 saturated heterocycles. The van der Waals surface area contributed by atoms with Crippen LogP contribution in [0, 0.1) is 6.92 Å². The molecule has 5 heteroatoms. The first-order valence-corrected chi connectivity index (χ1v) is 6.79. The van der Waals surface area contributed by atoms with Crippen LogP contribution >= 0.6 is 11.6 Å². The van der Waals surface area contributed by atoms with E-state index in [1.54, 1.807) is 4.68 Å². The molecule has 102 valence electrons. The third-order valence-corrected chi connectivity index (χ3v) is 3.80. The Bertz CT molecular complexity index is 728. The van der Waals surface area contributed by atoms with Crippen LogP contribution in [0.25, 0.3) is 11.1 Å². The van der Waals surface area contributed by atoms with Crippen molar-refractivity contribution in [3.63, 3.8) is 0 Å². The molecule has 0 bridgehead atoms. The van der Waals surface area contributed by atoms with E-state index in [1.807, 2.05) is 49.2 Å². The molecule has 0 atom stereocenters. The van der Waals surface area contributed by atoms with E-state index in [0.717, 1.165) is 22.4 Å². The van der Waals surface area contributed by atoms with Crippen LogP contribution in [-0.4, -0.2) is 19.6 Å². The van der Waals surface area contributed by atoms with Crippen molar-refractivity contribution in [1.29, 1.82) is 0 Å². The average Bonchev–Trinajstić information content (AvgIpc) is 3.01. The predicted octanol–water partition coefficient (Wildman–Crippen LogP) is 3.29. The minimum absolute atomic E-state index is 0.630. The van der Waals surface area contributed by atoms with E-state index in [-0.39, 0.29) is 0 Å². The molecule has 0 unspecified atom stereocenters. The monoisotopic (exact) mass is 286 g/mol. The maximum absolute atomic E-state index is 6.25. The molecule has 0 fully saturated rings. The highest BCUT2D eigenvalue weighted by Gasteiger charge is 2.12. The van der Waals surface area contributed by atoms with Gasteiger partial charge in [-0.1, -0.05) is 41.9 Å². The molecular weight excluding hydrogens is 272 g/mol. The molecule has 0 radical (unpaired) electrons. The summed E-state index contributed by atoms with van der Waals surface area (Å²) in [6, 6.07) is 10.2. The van der Waals surface area contributed by atoms with Crippen LogP contribution < -0.4 is 0 Å². The van der Waals surface area contributed by atoms with Gasteiger partial charge in [0, 0.05) is 24.4 Å². The zero-order valence-electron chi connectivity index (χ0n) is 11.4. The van der Waals surface area contributed by atoms with E-state index < -0.39 is 0 Å². The number of aromatic nitrogens is 4. The molecule has 0 aliphatic rings. The number of benzene rings is 1. The lowest BCUT2D eigenvalue weighted by Gasteiger charge is -2.01. The molecule has 3 aromatic rings. The van der Waals surface area contributed by atoms with Crippen LogP contribution in [0.1, 0.15) is 11.3 Å². The molecule has 0 amide bonds. The zero-order valence-corrected chi connectivity index (χ0v) is 12.2. The Morgan fingerprint density at radius 2 is 1.90 bits per heavy atom. The molecule has 0 spiro atoms. The number of hydrogen-bond acceptors (Lipinski definition) is 2. The van der Waals surface area contributed by atoms with Crippen LogP contribution in [0.5, 0.6) is 0 Å². The van der Waals surface area contributed by atoms with Crippen molar-refractivity contribution >= 4 is 11.6 Å². The first-order chi connectivity index (χ1) is 9.65. The molecule has 2 heterocycles. The van der Waals surface area contributed by atoms with Crippen LogP contribution in [0.3, 0.4) is 0 Å². The van der Waals surface area contributed by atoms with Gasteiger partial charge in [0.1, 0.15) is 5.15 Å². The predicted molar refractivity (Wildman–Crippen MR) is 79.7 cm³/mol. The largest absolute Gasteiger partial charge is 0.267 e. The number of nitrogens with zero attached hydrogens (tertiary/aromatic N) is 4. The van der Waals surface area contributed by atoms with E-state index in [9.17, 15) is 0 Å². The fourth-order valence-corrected chi connectivity index (χ4v) is 2.48. The van der Waals surface area contributed by atoms with Crippen molar-refractivity contribution in [2.45, 2.75) is 13.5 Å². The Morgan fingerprint density at radius 1 is 1.15 bits per heavy atom. The standard InChI is InChI=1S/C15H15ClN4/c1-11-14(15(16)19(2)18-11)10-20-9-13(8-17-20)12-6-4-3-5-7-12/h3-9H,10H2,1-2H3. The number of aryl methyl sites for hydroxylation is 2. The number of rotatable bonds is 3. The van der Waals surface area contributed by atoms with Gasteiger partial charge in [-0.15, -0.1) is 0 Å². The molecule has 0 N–H and O–H groups in total. The number of halogens is 1. The van der Waals surface area contributed by atoms with Gasteiger partial charge < -0.3 is 0 Å². The van der Waals surface area contributed by atoms with Gasteiger partial charge >= 0.3 is 0 Å².